The number of allylic oxidation sites excluding steroid dienone is 1. The van der Waals surface area contributed by atoms with E-state index >= 15 is 0 Å². The lowest BCUT2D eigenvalue weighted by atomic mass is 9.82. The summed E-state index contributed by atoms with van der Waals surface area (Å²) < 4.78 is 7.57. The number of aromatic nitrogens is 1. The van der Waals surface area contributed by atoms with E-state index in [1.54, 1.807) is 18.2 Å². The lowest BCUT2D eigenvalue weighted by Crippen LogP contribution is -2.42. The number of hydrogen-bond acceptors (Lipinski definition) is 5. The molecule has 9 heteroatoms. The van der Waals surface area contributed by atoms with Crippen molar-refractivity contribution >= 4 is 34.3 Å². The van der Waals surface area contributed by atoms with Crippen molar-refractivity contribution in [3.05, 3.63) is 95.1 Å². The van der Waals surface area contributed by atoms with Crippen LogP contribution >= 0.6 is 0 Å². The second-order valence-corrected chi connectivity index (χ2v) is 13.1. The van der Waals surface area contributed by atoms with Crippen molar-refractivity contribution in [2.45, 2.75) is 63.5 Å². The van der Waals surface area contributed by atoms with Crippen molar-refractivity contribution in [2.24, 2.45) is 0 Å². The van der Waals surface area contributed by atoms with Crippen molar-refractivity contribution in [1.82, 2.24) is 14.8 Å². The number of carboxylic acids is 1. The summed E-state index contributed by atoms with van der Waals surface area (Å²) in [6.45, 7) is 2.22. The highest BCUT2D eigenvalue weighted by atomic mass is 16.5. The van der Waals surface area contributed by atoms with Gasteiger partial charge in [0.15, 0.2) is 0 Å². The maximum absolute atomic E-state index is 13.8. The van der Waals surface area contributed by atoms with E-state index in [9.17, 15) is 24.6 Å². The van der Waals surface area contributed by atoms with Gasteiger partial charge < -0.3 is 29.7 Å². The summed E-state index contributed by atoms with van der Waals surface area (Å²) >= 11 is 0. The van der Waals surface area contributed by atoms with E-state index in [4.69, 9.17) is 4.74 Å². The SMILES string of the molecule is O=C(N[C@@H](CC1=CCc2ccc(O)cc21)C(=O)O)c1ccc2c(C3CCCCC3)c(-c3ccccc3)n(CC(=O)N3CCOCC3)c2c1. The third kappa shape index (κ3) is 6.34. The van der Waals surface area contributed by atoms with Crippen LogP contribution in [0.4, 0.5) is 0 Å². The molecule has 1 saturated carbocycles. The average molecular weight is 648 g/mol. The van der Waals surface area contributed by atoms with Gasteiger partial charge in [-0.25, -0.2) is 4.79 Å². The molecule has 2 aliphatic carbocycles. The van der Waals surface area contributed by atoms with Gasteiger partial charge in [-0.15, -0.1) is 0 Å². The predicted octanol–water partition coefficient (Wildman–Crippen LogP) is 6.13. The second-order valence-electron chi connectivity index (χ2n) is 13.1. The van der Waals surface area contributed by atoms with Crippen LogP contribution in [0, 0.1) is 0 Å². The van der Waals surface area contributed by atoms with Gasteiger partial charge in [-0.05, 0) is 77.3 Å². The number of ether oxygens (including phenoxy) is 1. The second kappa shape index (κ2) is 13.7. The first-order valence-corrected chi connectivity index (χ1v) is 17.0. The van der Waals surface area contributed by atoms with E-state index in [0.717, 1.165) is 64.5 Å². The Kier molecular flexibility index (Phi) is 9.04. The van der Waals surface area contributed by atoms with Gasteiger partial charge in [0.2, 0.25) is 5.91 Å². The number of benzene rings is 3. The molecular formula is C39H41N3O6. The van der Waals surface area contributed by atoms with Gasteiger partial charge in [-0.1, -0.05) is 67.8 Å². The number of rotatable bonds is 9. The Morgan fingerprint density at radius 3 is 2.46 bits per heavy atom. The standard InChI is InChI=1S/C39H41N3O6/c43-30-15-13-25-11-12-28(32(25)23-30)21-33(39(46)47)40-38(45)29-14-16-31-34(22-29)42(24-35(44)41-17-19-48-20-18-41)37(27-9-5-2-6-10-27)36(31)26-7-3-1-4-8-26/h2,5-6,9-10,12-16,22-23,26,33,43H,1,3-4,7-8,11,17-21,24H2,(H,40,45)(H,46,47)/t33-/m0/s1. The molecule has 248 valence electrons. The van der Waals surface area contributed by atoms with Crippen molar-refractivity contribution in [3.63, 3.8) is 0 Å². The van der Waals surface area contributed by atoms with Crippen LogP contribution in [0.2, 0.25) is 0 Å². The molecule has 0 bridgehead atoms. The highest BCUT2D eigenvalue weighted by molar-refractivity contribution is 6.02. The summed E-state index contributed by atoms with van der Waals surface area (Å²) in [5.74, 6) is -1.19. The van der Waals surface area contributed by atoms with Gasteiger partial charge in [0.25, 0.3) is 5.91 Å². The molecule has 1 atom stereocenters. The largest absolute Gasteiger partial charge is 0.508 e. The molecule has 4 aromatic rings. The molecule has 0 radical (unpaired) electrons. The quantitative estimate of drug-likeness (QED) is 0.201. The Morgan fingerprint density at radius 2 is 1.71 bits per heavy atom. The molecule has 48 heavy (non-hydrogen) atoms. The molecule has 1 aromatic heterocycles. The summed E-state index contributed by atoms with van der Waals surface area (Å²) in [7, 11) is 0. The maximum atomic E-state index is 13.8. The number of aliphatic carboxylic acids is 1. The molecule has 9 nitrogen and oxygen atoms in total. The Morgan fingerprint density at radius 1 is 0.938 bits per heavy atom. The fourth-order valence-corrected chi connectivity index (χ4v) is 7.68. The summed E-state index contributed by atoms with van der Waals surface area (Å²) in [4.78, 5) is 41.8. The summed E-state index contributed by atoms with van der Waals surface area (Å²) in [5.41, 5.74) is 6.98. The number of carbonyl (C=O) groups excluding carboxylic acids is 2. The van der Waals surface area contributed by atoms with Crippen LogP contribution in [0.15, 0.2) is 72.8 Å². The Labute approximate surface area is 279 Å². The number of amides is 2. The third-order valence-corrected chi connectivity index (χ3v) is 10.1. The first-order chi connectivity index (χ1) is 23.4. The number of nitrogens with zero attached hydrogens (tertiary/aromatic N) is 2. The molecule has 2 heterocycles. The number of fused-ring (bicyclic) bond motifs is 2. The minimum atomic E-state index is -1.17. The normalized spacial score (nSPS) is 17.2. The third-order valence-electron chi connectivity index (χ3n) is 10.1. The number of carbonyl (C=O) groups is 3. The monoisotopic (exact) mass is 647 g/mol. The topological polar surface area (TPSA) is 121 Å². The van der Waals surface area contributed by atoms with Crippen LogP contribution < -0.4 is 5.32 Å². The maximum Gasteiger partial charge on any atom is 0.326 e. The molecule has 3 aliphatic rings. The van der Waals surface area contributed by atoms with Gasteiger partial charge in [-0.2, -0.15) is 0 Å². The zero-order valence-corrected chi connectivity index (χ0v) is 27.0. The molecule has 0 unspecified atom stereocenters. The van der Waals surface area contributed by atoms with Crippen molar-refractivity contribution < 1.29 is 29.3 Å². The van der Waals surface area contributed by atoms with E-state index in [1.165, 1.54) is 12.0 Å². The lowest BCUT2D eigenvalue weighted by molar-refractivity contribution is -0.139. The molecular weight excluding hydrogens is 606 g/mol. The van der Waals surface area contributed by atoms with Crippen LogP contribution in [0.1, 0.15) is 71.5 Å². The number of carboxylic acid groups (broad SMARTS) is 1. The number of morpholine rings is 1. The van der Waals surface area contributed by atoms with E-state index in [-0.39, 0.29) is 24.6 Å². The van der Waals surface area contributed by atoms with E-state index in [0.29, 0.717) is 44.2 Å². The number of phenols is 1. The van der Waals surface area contributed by atoms with Gasteiger partial charge in [-0.3, -0.25) is 9.59 Å². The molecule has 0 spiro atoms. The molecule has 7 rings (SSSR count). The Balaban J connectivity index is 1.26. The molecule has 3 N–H and O–H groups in total. The smallest absolute Gasteiger partial charge is 0.326 e. The average Bonchev–Trinajstić information content (AvgIpc) is 3.66. The summed E-state index contributed by atoms with van der Waals surface area (Å²) in [6.07, 6.45) is 8.33. The molecule has 2 amide bonds. The van der Waals surface area contributed by atoms with Gasteiger partial charge >= 0.3 is 5.97 Å². The first-order valence-electron chi connectivity index (χ1n) is 17.0. The summed E-state index contributed by atoms with van der Waals surface area (Å²) in [6, 6.07) is 19.7. The van der Waals surface area contributed by atoms with E-state index in [2.05, 4.69) is 22.0 Å². The predicted molar refractivity (Wildman–Crippen MR) is 184 cm³/mol. The van der Waals surface area contributed by atoms with Crippen molar-refractivity contribution in [2.75, 3.05) is 26.3 Å². The van der Waals surface area contributed by atoms with Gasteiger partial charge in [0.1, 0.15) is 18.3 Å². The first kappa shape index (κ1) is 31.7. The van der Waals surface area contributed by atoms with E-state index < -0.39 is 17.9 Å². The lowest BCUT2D eigenvalue weighted by Gasteiger charge is -2.28. The molecule has 1 aliphatic heterocycles. The Hall–Kier alpha value is -4.89. The van der Waals surface area contributed by atoms with Crippen LogP contribution in [-0.2, 0) is 27.3 Å². The highest BCUT2D eigenvalue weighted by Crippen LogP contribution is 2.44. The zero-order valence-electron chi connectivity index (χ0n) is 27.0. The van der Waals surface area contributed by atoms with Crippen molar-refractivity contribution in [3.8, 4) is 17.0 Å². The Bertz CT molecular complexity index is 1880. The minimum Gasteiger partial charge on any atom is -0.508 e. The molecule has 2 fully saturated rings. The van der Waals surface area contributed by atoms with Crippen molar-refractivity contribution in [1.29, 1.82) is 0 Å². The number of phenolic OH excluding ortho intramolecular Hbond substituents is 1. The van der Waals surface area contributed by atoms with Crippen LogP contribution in [-0.4, -0.2) is 69.8 Å². The molecule has 3 aromatic carbocycles. The van der Waals surface area contributed by atoms with E-state index in [1.807, 2.05) is 47.4 Å². The minimum absolute atomic E-state index is 0.000438. The van der Waals surface area contributed by atoms with Gasteiger partial charge in [0.05, 0.1) is 24.4 Å². The number of hydrogen-bond donors (Lipinski definition) is 3. The highest BCUT2D eigenvalue weighted by Gasteiger charge is 2.30. The van der Waals surface area contributed by atoms with Gasteiger partial charge in [0, 0.05) is 30.5 Å². The number of aromatic hydroxyl groups is 1. The van der Waals surface area contributed by atoms with Crippen LogP contribution in [0.5, 0.6) is 5.75 Å². The fraction of sp³-hybridized carbons (Fsp3) is 0.359. The number of nitrogens with one attached hydrogen (secondary N) is 1. The van der Waals surface area contributed by atoms with Crippen LogP contribution in [0.3, 0.4) is 0 Å². The fourth-order valence-electron chi connectivity index (χ4n) is 7.68. The summed E-state index contributed by atoms with van der Waals surface area (Å²) in [5, 5.41) is 23.9. The zero-order chi connectivity index (χ0) is 33.2. The molecule has 1 saturated heterocycles. The van der Waals surface area contributed by atoms with Crippen LogP contribution in [0.25, 0.3) is 27.7 Å².